The zero-order valence-electron chi connectivity index (χ0n) is 9.02. The fourth-order valence-corrected chi connectivity index (χ4v) is 1.46. The molecule has 0 fully saturated rings. The molecule has 1 unspecified atom stereocenters. The van der Waals surface area contributed by atoms with E-state index in [0.29, 0.717) is 6.42 Å². The zero-order valence-corrected chi connectivity index (χ0v) is 9.02. The quantitative estimate of drug-likeness (QED) is 0.705. The summed E-state index contributed by atoms with van der Waals surface area (Å²) in [7, 11) is 1.61. The lowest BCUT2D eigenvalue weighted by Crippen LogP contribution is -1.98. The molecule has 0 radical (unpaired) electrons. The Labute approximate surface area is 90.3 Å². The van der Waals surface area contributed by atoms with Gasteiger partial charge in [0.1, 0.15) is 5.75 Å². The van der Waals surface area contributed by atoms with E-state index < -0.39 is 6.10 Å². The summed E-state index contributed by atoms with van der Waals surface area (Å²) in [6.45, 7) is 0.185. The molecule has 3 nitrogen and oxygen atoms in total. The van der Waals surface area contributed by atoms with Gasteiger partial charge in [0.05, 0.1) is 13.2 Å². The van der Waals surface area contributed by atoms with E-state index in [1.807, 2.05) is 24.3 Å². The van der Waals surface area contributed by atoms with Gasteiger partial charge in [0.2, 0.25) is 0 Å². The molecule has 3 heteroatoms. The topological polar surface area (TPSA) is 49.7 Å². The molecule has 0 spiro atoms. The van der Waals surface area contributed by atoms with Gasteiger partial charge in [-0.1, -0.05) is 12.1 Å². The molecule has 1 rings (SSSR count). The number of ether oxygens (including phenoxy) is 1. The third kappa shape index (κ3) is 3.90. The Morgan fingerprint density at radius 1 is 1.33 bits per heavy atom. The van der Waals surface area contributed by atoms with E-state index in [1.54, 1.807) is 7.11 Å². The molecule has 84 valence electrons. The summed E-state index contributed by atoms with van der Waals surface area (Å²) in [5.74, 6) is 0.758. The maximum absolute atomic E-state index is 9.83. The van der Waals surface area contributed by atoms with Gasteiger partial charge in [0.15, 0.2) is 0 Å². The first-order valence-corrected chi connectivity index (χ1v) is 5.21. The number of rotatable bonds is 6. The Balaban J connectivity index is 2.52. The lowest BCUT2D eigenvalue weighted by molar-refractivity contribution is 0.159. The smallest absolute Gasteiger partial charge is 0.119 e. The van der Waals surface area contributed by atoms with Crippen LogP contribution in [0.25, 0.3) is 0 Å². The second kappa shape index (κ2) is 6.43. The fraction of sp³-hybridized carbons (Fsp3) is 0.500. The molecule has 15 heavy (non-hydrogen) atoms. The monoisotopic (exact) mass is 210 g/mol. The number of benzene rings is 1. The van der Waals surface area contributed by atoms with Crippen LogP contribution in [0, 0.1) is 0 Å². The molecule has 0 aliphatic carbocycles. The molecular formula is C12H18O3. The summed E-state index contributed by atoms with van der Waals surface area (Å²) in [6, 6.07) is 7.43. The van der Waals surface area contributed by atoms with Crippen LogP contribution in [-0.4, -0.2) is 23.9 Å². The van der Waals surface area contributed by atoms with Crippen LogP contribution in [0.2, 0.25) is 0 Å². The first-order chi connectivity index (χ1) is 7.27. The molecule has 1 atom stereocenters. The number of aliphatic hydroxyl groups excluding tert-OH is 2. The highest BCUT2D eigenvalue weighted by Crippen LogP contribution is 2.22. The van der Waals surface area contributed by atoms with Crippen molar-refractivity contribution in [3.63, 3.8) is 0 Å². The lowest BCUT2D eigenvalue weighted by Gasteiger charge is -2.11. The standard InChI is InChI=1S/C12H18O3/c1-15-11-6-4-5-10(9-11)12(14)7-2-3-8-13/h4-6,9,12-14H,2-3,7-8H2,1H3. The van der Waals surface area contributed by atoms with Crippen molar-refractivity contribution >= 4 is 0 Å². The molecule has 0 aliphatic heterocycles. The van der Waals surface area contributed by atoms with Crippen LogP contribution < -0.4 is 4.74 Å². The van der Waals surface area contributed by atoms with Crippen molar-refractivity contribution in [2.24, 2.45) is 0 Å². The van der Waals surface area contributed by atoms with Gasteiger partial charge in [-0.05, 0) is 37.0 Å². The third-order valence-corrected chi connectivity index (χ3v) is 2.36. The lowest BCUT2D eigenvalue weighted by atomic mass is 10.0. The molecule has 0 saturated heterocycles. The van der Waals surface area contributed by atoms with Gasteiger partial charge in [-0.25, -0.2) is 0 Å². The highest BCUT2D eigenvalue weighted by atomic mass is 16.5. The molecule has 1 aromatic carbocycles. The van der Waals surface area contributed by atoms with Gasteiger partial charge in [0, 0.05) is 6.61 Å². The van der Waals surface area contributed by atoms with Gasteiger partial charge in [-0.3, -0.25) is 0 Å². The van der Waals surface area contributed by atoms with E-state index in [4.69, 9.17) is 9.84 Å². The summed E-state index contributed by atoms with van der Waals surface area (Å²) >= 11 is 0. The Bertz CT molecular complexity index is 286. The van der Waals surface area contributed by atoms with Gasteiger partial charge >= 0.3 is 0 Å². The SMILES string of the molecule is COc1cccc(C(O)CCCCO)c1. The Hall–Kier alpha value is -1.06. The first-order valence-electron chi connectivity index (χ1n) is 5.21. The molecule has 2 N–H and O–H groups in total. The molecule has 0 aliphatic rings. The summed E-state index contributed by atoms with van der Waals surface area (Å²) in [5.41, 5.74) is 0.868. The third-order valence-electron chi connectivity index (χ3n) is 2.36. The van der Waals surface area contributed by atoms with Crippen LogP contribution in [0.5, 0.6) is 5.75 Å². The minimum absolute atomic E-state index is 0.185. The minimum Gasteiger partial charge on any atom is -0.497 e. The zero-order chi connectivity index (χ0) is 11.1. The normalized spacial score (nSPS) is 12.5. The van der Waals surface area contributed by atoms with Gasteiger partial charge in [0.25, 0.3) is 0 Å². The second-order valence-electron chi connectivity index (χ2n) is 3.51. The van der Waals surface area contributed by atoms with Crippen LogP contribution in [0.15, 0.2) is 24.3 Å². The van der Waals surface area contributed by atoms with Crippen molar-refractivity contribution in [3.05, 3.63) is 29.8 Å². The Morgan fingerprint density at radius 3 is 2.80 bits per heavy atom. The average Bonchev–Trinajstić information content (AvgIpc) is 2.29. The average molecular weight is 210 g/mol. The van der Waals surface area contributed by atoms with Crippen LogP contribution in [0.1, 0.15) is 30.9 Å². The summed E-state index contributed by atoms with van der Waals surface area (Å²) in [4.78, 5) is 0. The summed E-state index contributed by atoms with van der Waals surface area (Å²) in [6.07, 6.45) is 1.77. The van der Waals surface area contributed by atoms with Gasteiger partial charge in [-0.15, -0.1) is 0 Å². The van der Waals surface area contributed by atoms with E-state index in [-0.39, 0.29) is 6.61 Å². The largest absolute Gasteiger partial charge is 0.497 e. The van der Waals surface area contributed by atoms with Crippen molar-refractivity contribution in [2.45, 2.75) is 25.4 Å². The number of hydrogen-bond donors (Lipinski definition) is 2. The highest BCUT2D eigenvalue weighted by Gasteiger charge is 2.07. The molecule has 0 amide bonds. The van der Waals surface area contributed by atoms with E-state index in [9.17, 15) is 5.11 Å². The van der Waals surface area contributed by atoms with Crippen molar-refractivity contribution < 1.29 is 14.9 Å². The number of unbranched alkanes of at least 4 members (excludes halogenated alkanes) is 1. The van der Waals surface area contributed by atoms with Crippen molar-refractivity contribution in [3.8, 4) is 5.75 Å². The van der Waals surface area contributed by atoms with E-state index in [1.165, 1.54) is 0 Å². The minimum atomic E-state index is -0.466. The maximum Gasteiger partial charge on any atom is 0.119 e. The van der Waals surface area contributed by atoms with Crippen molar-refractivity contribution in [2.75, 3.05) is 13.7 Å². The molecular weight excluding hydrogens is 192 g/mol. The summed E-state index contributed by atoms with van der Waals surface area (Å²) < 4.78 is 5.08. The van der Waals surface area contributed by atoms with Crippen LogP contribution in [0.4, 0.5) is 0 Å². The van der Waals surface area contributed by atoms with Crippen LogP contribution >= 0.6 is 0 Å². The predicted octanol–water partition coefficient (Wildman–Crippen LogP) is 1.89. The van der Waals surface area contributed by atoms with Gasteiger partial charge in [-0.2, -0.15) is 0 Å². The van der Waals surface area contributed by atoms with E-state index >= 15 is 0 Å². The molecule has 0 saturated carbocycles. The number of methoxy groups -OCH3 is 1. The highest BCUT2D eigenvalue weighted by molar-refractivity contribution is 5.29. The molecule has 0 bridgehead atoms. The fourth-order valence-electron chi connectivity index (χ4n) is 1.46. The van der Waals surface area contributed by atoms with Crippen molar-refractivity contribution in [1.82, 2.24) is 0 Å². The molecule has 0 aromatic heterocycles. The molecule has 0 heterocycles. The predicted molar refractivity (Wildman–Crippen MR) is 58.9 cm³/mol. The van der Waals surface area contributed by atoms with E-state index in [0.717, 1.165) is 24.2 Å². The Morgan fingerprint density at radius 2 is 2.13 bits per heavy atom. The Kier molecular flexibility index (Phi) is 5.15. The number of aliphatic hydroxyl groups is 2. The van der Waals surface area contributed by atoms with E-state index in [2.05, 4.69) is 0 Å². The first kappa shape index (κ1) is 12.0. The summed E-state index contributed by atoms with van der Waals surface area (Å²) in [5, 5.41) is 18.5. The van der Waals surface area contributed by atoms with Gasteiger partial charge < -0.3 is 14.9 Å². The second-order valence-corrected chi connectivity index (χ2v) is 3.51. The molecule has 1 aromatic rings. The number of hydrogen-bond acceptors (Lipinski definition) is 3. The van der Waals surface area contributed by atoms with Crippen molar-refractivity contribution in [1.29, 1.82) is 0 Å². The maximum atomic E-state index is 9.83. The van der Waals surface area contributed by atoms with Crippen LogP contribution in [-0.2, 0) is 0 Å². The van der Waals surface area contributed by atoms with Crippen LogP contribution in [0.3, 0.4) is 0 Å².